The smallest absolute Gasteiger partial charge is 0.132 e. The summed E-state index contributed by atoms with van der Waals surface area (Å²) >= 11 is 0. The zero-order valence-electron chi connectivity index (χ0n) is 8.75. The first-order valence-electron chi connectivity index (χ1n) is 4.85. The van der Waals surface area contributed by atoms with Crippen molar-refractivity contribution in [1.82, 2.24) is 9.55 Å². The molecule has 2 heteroatoms. The summed E-state index contributed by atoms with van der Waals surface area (Å²) in [6.45, 7) is 11.3. The lowest BCUT2D eigenvalue weighted by Gasteiger charge is -2.07. The number of nitrogens with zero attached hydrogens (tertiary/aromatic N) is 2. The number of aryl methyl sites for hydroxylation is 1. The highest BCUT2D eigenvalue weighted by atomic mass is 15.1. The summed E-state index contributed by atoms with van der Waals surface area (Å²) in [6, 6.07) is 0. The molecule has 0 saturated carbocycles. The van der Waals surface area contributed by atoms with Gasteiger partial charge in [-0.25, -0.2) is 4.98 Å². The summed E-state index contributed by atoms with van der Waals surface area (Å²) < 4.78 is 2.18. The minimum absolute atomic E-state index is 0.651. The summed E-state index contributed by atoms with van der Waals surface area (Å²) in [6.07, 6.45) is 4.94. The molecule has 1 rings (SSSR count). The molecule has 0 radical (unpaired) electrons. The first-order valence-corrected chi connectivity index (χ1v) is 4.85. The van der Waals surface area contributed by atoms with E-state index in [2.05, 4.69) is 43.1 Å². The fraction of sp³-hybridized carbons (Fsp3) is 0.545. The molecule has 0 atom stereocenters. The third-order valence-corrected chi connectivity index (χ3v) is 1.96. The van der Waals surface area contributed by atoms with Crippen LogP contribution in [-0.4, -0.2) is 9.55 Å². The molecule has 0 saturated heterocycles. The van der Waals surface area contributed by atoms with Gasteiger partial charge in [-0.2, -0.15) is 0 Å². The van der Waals surface area contributed by atoms with Crippen molar-refractivity contribution >= 4 is 6.08 Å². The highest BCUT2D eigenvalue weighted by Crippen LogP contribution is 2.08. The van der Waals surface area contributed by atoms with Crippen LogP contribution in [-0.2, 0) is 13.0 Å². The predicted octanol–water partition coefficient (Wildman–Crippen LogP) is 2.74. The molecule has 0 unspecified atom stereocenters. The first-order chi connectivity index (χ1) is 6.17. The molecule has 0 aromatic carbocycles. The van der Waals surface area contributed by atoms with E-state index in [0.29, 0.717) is 5.92 Å². The maximum atomic E-state index is 4.45. The Hall–Kier alpha value is -1.05. The molecule has 0 amide bonds. The number of hydrogen-bond acceptors (Lipinski definition) is 1. The third kappa shape index (κ3) is 2.44. The molecule has 0 fully saturated rings. The normalized spacial score (nSPS) is 10.8. The van der Waals surface area contributed by atoms with Gasteiger partial charge in [-0.1, -0.05) is 27.4 Å². The van der Waals surface area contributed by atoms with Crippen molar-refractivity contribution in [1.29, 1.82) is 0 Å². The molecule has 0 aliphatic rings. The van der Waals surface area contributed by atoms with E-state index in [9.17, 15) is 0 Å². The lowest BCUT2D eigenvalue weighted by Crippen LogP contribution is -2.04. The largest absolute Gasteiger partial charge is 0.331 e. The van der Waals surface area contributed by atoms with Crippen molar-refractivity contribution in [3.63, 3.8) is 0 Å². The Morgan fingerprint density at radius 2 is 2.31 bits per heavy atom. The molecule has 1 aromatic rings. The second-order valence-electron chi connectivity index (χ2n) is 3.69. The van der Waals surface area contributed by atoms with E-state index in [-0.39, 0.29) is 0 Å². The molecular formula is C11H18N2. The van der Waals surface area contributed by atoms with Crippen LogP contribution >= 0.6 is 0 Å². The topological polar surface area (TPSA) is 17.8 Å². The predicted molar refractivity (Wildman–Crippen MR) is 56.5 cm³/mol. The molecule has 0 aliphatic heterocycles. The first kappa shape index (κ1) is 10.0. The van der Waals surface area contributed by atoms with E-state index in [0.717, 1.165) is 24.5 Å². The number of hydrogen-bond donors (Lipinski definition) is 0. The van der Waals surface area contributed by atoms with Gasteiger partial charge in [0.15, 0.2) is 0 Å². The van der Waals surface area contributed by atoms with Crippen molar-refractivity contribution in [3.8, 4) is 0 Å². The van der Waals surface area contributed by atoms with Gasteiger partial charge in [-0.3, -0.25) is 0 Å². The van der Waals surface area contributed by atoms with Crippen molar-refractivity contribution in [2.24, 2.45) is 5.92 Å². The van der Waals surface area contributed by atoms with Crippen LogP contribution < -0.4 is 0 Å². The Bertz CT molecular complexity index is 284. The molecule has 0 N–H and O–H groups in total. The van der Waals surface area contributed by atoms with Crippen LogP contribution in [0.4, 0.5) is 0 Å². The molecule has 72 valence electrons. The van der Waals surface area contributed by atoms with Gasteiger partial charge < -0.3 is 4.57 Å². The maximum absolute atomic E-state index is 4.45. The monoisotopic (exact) mass is 178 g/mol. The van der Waals surface area contributed by atoms with Crippen LogP contribution in [0.25, 0.3) is 6.08 Å². The van der Waals surface area contributed by atoms with Crippen molar-refractivity contribution < 1.29 is 0 Å². The van der Waals surface area contributed by atoms with E-state index in [4.69, 9.17) is 0 Å². The minimum Gasteiger partial charge on any atom is -0.331 e. The molecule has 0 aliphatic carbocycles. The van der Waals surface area contributed by atoms with E-state index in [1.807, 2.05) is 6.08 Å². The Morgan fingerprint density at radius 3 is 2.77 bits per heavy atom. The average molecular weight is 178 g/mol. The minimum atomic E-state index is 0.651. The Kier molecular flexibility index (Phi) is 3.29. The van der Waals surface area contributed by atoms with E-state index >= 15 is 0 Å². The van der Waals surface area contributed by atoms with Gasteiger partial charge in [0.05, 0.1) is 5.69 Å². The molecule has 0 spiro atoms. The van der Waals surface area contributed by atoms with E-state index < -0.39 is 0 Å². The lowest BCUT2D eigenvalue weighted by molar-refractivity contribution is 0.520. The Balaban J connectivity index is 2.90. The van der Waals surface area contributed by atoms with Gasteiger partial charge in [0.25, 0.3) is 0 Å². The standard InChI is InChI=1S/C11H18N2/c1-5-10-8-13(7-9(3)4)11(6-2)12-10/h6,8-9H,2,5,7H2,1,3-4H3. The molecule has 2 nitrogen and oxygen atoms in total. The van der Waals surface area contributed by atoms with Crippen LogP contribution in [0.1, 0.15) is 32.3 Å². The van der Waals surface area contributed by atoms with Crippen molar-refractivity contribution in [3.05, 3.63) is 24.3 Å². The molecule has 1 heterocycles. The fourth-order valence-corrected chi connectivity index (χ4v) is 1.36. The molecular weight excluding hydrogens is 160 g/mol. The summed E-state index contributed by atoms with van der Waals surface area (Å²) in [5.41, 5.74) is 1.15. The van der Waals surface area contributed by atoms with E-state index in [1.165, 1.54) is 0 Å². The zero-order valence-corrected chi connectivity index (χ0v) is 8.75. The van der Waals surface area contributed by atoms with Gasteiger partial charge in [-0.05, 0) is 18.4 Å². The highest BCUT2D eigenvalue weighted by molar-refractivity contribution is 5.37. The third-order valence-electron chi connectivity index (χ3n) is 1.96. The van der Waals surface area contributed by atoms with Gasteiger partial charge in [0, 0.05) is 12.7 Å². The zero-order chi connectivity index (χ0) is 9.84. The number of rotatable bonds is 4. The lowest BCUT2D eigenvalue weighted by atomic mass is 10.2. The summed E-state index contributed by atoms with van der Waals surface area (Å²) in [5, 5.41) is 0. The fourth-order valence-electron chi connectivity index (χ4n) is 1.36. The number of imidazole rings is 1. The van der Waals surface area contributed by atoms with Gasteiger partial charge in [0.2, 0.25) is 0 Å². The van der Waals surface area contributed by atoms with Gasteiger partial charge in [-0.15, -0.1) is 0 Å². The summed E-state index contributed by atoms with van der Waals surface area (Å²) in [5.74, 6) is 1.64. The van der Waals surface area contributed by atoms with Crippen LogP contribution in [0.5, 0.6) is 0 Å². The quantitative estimate of drug-likeness (QED) is 0.693. The second-order valence-corrected chi connectivity index (χ2v) is 3.69. The Labute approximate surface area is 80.3 Å². The molecule has 0 bridgehead atoms. The summed E-state index contributed by atoms with van der Waals surface area (Å²) in [7, 11) is 0. The Morgan fingerprint density at radius 1 is 1.62 bits per heavy atom. The van der Waals surface area contributed by atoms with Gasteiger partial charge >= 0.3 is 0 Å². The highest BCUT2D eigenvalue weighted by Gasteiger charge is 2.04. The molecule has 1 aromatic heterocycles. The van der Waals surface area contributed by atoms with Crippen LogP contribution in [0.2, 0.25) is 0 Å². The second kappa shape index (κ2) is 4.26. The summed E-state index contributed by atoms with van der Waals surface area (Å²) in [4.78, 5) is 4.45. The van der Waals surface area contributed by atoms with Crippen LogP contribution in [0, 0.1) is 5.92 Å². The van der Waals surface area contributed by atoms with Crippen LogP contribution in [0.15, 0.2) is 12.8 Å². The SMILES string of the molecule is C=Cc1nc(CC)cn1CC(C)C. The van der Waals surface area contributed by atoms with Crippen molar-refractivity contribution in [2.75, 3.05) is 0 Å². The van der Waals surface area contributed by atoms with Crippen LogP contribution in [0.3, 0.4) is 0 Å². The number of aromatic nitrogens is 2. The van der Waals surface area contributed by atoms with Gasteiger partial charge in [0.1, 0.15) is 5.82 Å². The molecule has 13 heavy (non-hydrogen) atoms. The average Bonchev–Trinajstić information content (AvgIpc) is 2.46. The maximum Gasteiger partial charge on any atom is 0.132 e. The van der Waals surface area contributed by atoms with E-state index in [1.54, 1.807) is 0 Å². The van der Waals surface area contributed by atoms with Crippen molar-refractivity contribution in [2.45, 2.75) is 33.7 Å².